The first-order chi connectivity index (χ1) is 6.79. The van der Waals surface area contributed by atoms with Crippen LogP contribution in [0.25, 0.3) is 0 Å². The van der Waals surface area contributed by atoms with Crippen molar-refractivity contribution in [3.05, 3.63) is 29.8 Å². The predicted octanol–water partition coefficient (Wildman–Crippen LogP) is 1.90. The summed E-state index contributed by atoms with van der Waals surface area (Å²) in [6.07, 6.45) is -0.890. The number of ether oxygens (including phenoxy) is 3. The van der Waals surface area contributed by atoms with Crippen LogP contribution in [-0.2, 0) is 9.47 Å². The van der Waals surface area contributed by atoms with Gasteiger partial charge in [0.05, 0.1) is 7.11 Å². The standard InChI is InChI=1S/C10H10O4/c1-12-8-4-2-7(3-5-8)9-6-13-10(11)14-9/h2-5,9H,6H2,1H3. The molecule has 4 heteroatoms. The van der Waals surface area contributed by atoms with E-state index in [2.05, 4.69) is 4.74 Å². The second kappa shape index (κ2) is 3.57. The highest BCUT2D eigenvalue weighted by molar-refractivity contribution is 5.62. The molecule has 1 aromatic carbocycles. The molecule has 2 rings (SSSR count). The lowest BCUT2D eigenvalue weighted by Crippen LogP contribution is -1.99. The van der Waals surface area contributed by atoms with Crippen LogP contribution in [-0.4, -0.2) is 19.9 Å². The Labute approximate surface area is 81.4 Å². The highest BCUT2D eigenvalue weighted by atomic mass is 16.8. The van der Waals surface area contributed by atoms with Gasteiger partial charge in [-0.25, -0.2) is 4.79 Å². The highest BCUT2D eigenvalue weighted by Gasteiger charge is 2.26. The Kier molecular flexibility index (Phi) is 2.26. The van der Waals surface area contributed by atoms with Gasteiger partial charge in [-0.3, -0.25) is 0 Å². The van der Waals surface area contributed by atoms with Crippen molar-refractivity contribution in [2.24, 2.45) is 0 Å². The number of cyclic esters (lactones) is 2. The predicted molar refractivity (Wildman–Crippen MR) is 48.2 cm³/mol. The van der Waals surface area contributed by atoms with Crippen LogP contribution < -0.4 is 4.74 Å². The fraction of sp³-hybridized carbons (Fsp3) is 0.300. The van der Waals surface area contributed by atoms with E-state index in [9.17, 15) is 4.79 Å². The zero-order chi connectivity index (χ0) is 9.97. The van der Waals surface area contributed by atoms with E-state index in [1.54, 1.807) is 7.11 Å². The molecule has 1 heterocycles. The van der Waals surface area contributed by atoms with E-state index in [0.29, 0.717) is 0 Å². The number of hydrogen-bond acceptors (Lipinski definition) is 4. The maximum absolute atomic E-state index is 10.7. The van der Waals surface area contributed by atoms with Gasteiger partial charge in [0.15, 0.2) is 6.10 Å². The summed E-state index contributed by atoms with van der Waals surface area (Å²) >= 11 is 0. The number of carbonyl (C=O) groups is 1. The summed E-state index contributed by atoms with van der Waals surface area (Å²) in [5, 5.41) is 0. The van der Waals surface area contributed by atoms with Crippen molar-refractivity contribution in [2.75, 3.05) is 13.7 Å². The van der Waals surface area contributed by atoms with Crippen LogP contribution in [0.5, 0.6) is 5.75 Å². The molecule has 1 aromatic rings. The van der Waals surface area contributed by atoms with E-state index in [-0.39, 0.29) is 12.7 Å². The van der Waals surface area contributed by atoms with E-state index < -0.39 is 6.16 Å². The van der Waals surface area contributed by atoms with Gasteiger partial charge in [0.25, 0.3) is 0 Å². The Hall–Kier alpha value is -1.71. The minimum atomic E-state index is -0.606. The van der Waals surface area contributed by atoms with Gasteiger partial charge in [0.1, 0.15) is 12.4 Å². The summed E-state index contributed by atoms with van der Waals surface area (Å²) in [5.74, 6) is 0.777. The molecule has 1 aliphatic rings. The molecule has 0 bridgehead atoms. The summed E-state index contributed by atoms with van der Waals surface area (Å²) in [4.78, 5) is 10.7. The third-order valence-corrected chi connectivity index (χ3v) is 2.08. The fourth-order valence-electron chi connectivity index (χ4n) is 1.31. The molecule has 1 fully saturated rings. The van der Waals surface area contributed by atoms with Gasteiger partial charge in [0.2, 0.25) is 0 Å². The van der Waals surface area contributed by atoms with Crippen molar-refractivity contribution in [1.29, 1.82) is 0 Å². The third-order valence-electron chi connectivity index (χ3n) is 2.08. The molecule has 74 valence electrons. The first kappa shape index (κ1) is 8.87. The number of rotatable bonds is 2. The van der Waals surface area contributed by atoms with Crippen molar-refractivity contribution in [1.82, 2.24) is 0 Å². The van der Waals surface area contributed by atoms with E-state index >= 15 is 0 Å². The molecule has 0 aliphatic carbocycles. The first-order valence-corrected chi connectivity index (χ1v) is 4.27. The minimum absolute atomic E-state index is 0.283. The molecule has 0 aromatic heterocycles. The van der Waals surface area contributed by atoms with Gasteiger partial charge in [-0.05, 0) is 17.7 Å². The lowest BCUT2D eigenvalue weighted by atomic mass is 10.1. The second-order valence-electron chi connectivity index (χ2n) is 2.94. The zero-order valence-electron chi connectivity index (χ0n) is 7.73. The average Bonchev–Trinajstić information content (AvgIpc) is 2.65. The van der Waals surface area contributed by atoms with Gasteiger partial charge in [-0.1, -0.05) is 12.1 Å². The fourth-order valence-corrected chi connectivity index (χ4v) is 1.31. The number of hydrogen-bond donors (Lipinski definition) is 0. The van der Waals surface area contributed by atoms with E-state index in [4.69, 9.17) is 9.47 Å². The van der Waals surface area contributed by atoms with Crippen LogP contribution in [0.1, 0.15) is 11.7 Å². The lowest BCUT2D eigenvalue weighted by molar-refractivity contribution is 0.118. The van der Waals surface area contributed by atoms with Gasteiger partial charge < -0.3 is 14.2 Å². The molecule has 4 nitrogen and oxygen atoms in total. The Bertz CT molecular complexity index is 330. The van der Waals surface area contributed by atoms with E-state index in [0.717, 1.165) is 11.3 Å². The van der Waals surface area contributed by atoms with E-state index in [1.807, 2.05) is 24.3 Å². The zero-order valence-corrected chi connectivity index (χ0v) is 7.73. The molecule has 0 radical (unpaired) electrons. The van der Waals surface area contributed by atoms with Crippen LogP contribution in [0.3, 0.4) is 0 Å². The van der Waals surface area contributed by atoms with Crippen molar-refractivity contribution in [3.63, 3.8) is 0 Å². The van der Waals surface area contributed by atoms with Crippen molar-refractivity contribution < 1.29 is 19.0 Å². The Morgan fingerprint density at radius 3 is 2.57 bits per heavy atom. The monoisotopic (exact) mass is 194 g/mol. The molecule has 1 unspecified atom stereocenters. The topological polar surface area (TPSA) is 44.8 Å². The van der Waals surface area contributed by atoms with Crippen molar-refractivity contribution in [2.45, 2.75) is 6.10 Å². The van der Waals surface area contributed by atoms with Crippen LogP contribution >= 0.6 is 0 Å². The van der Waals surface area contributed by atoms with Crippen LogP contribution in [0.4, 0.5) is 4.79 Å². The Morgan fingerprint density at radius 2 is 2.07 bits per heavy atom. The maximum Gasteiger partial charge on any atom is 0.509 e. The Morgan fingerprint density at radius 1 is 1.36 bits per heavy atom. The first-order valence-electron chi connectivity index (χ1n) is 4.27. The third kappa shape index (κ3) is 1.64. The van der Waals surface area contributed by atoms with Gasteiger partial charge in [0, 0.05) is 0 Å². The molecule has 0 N–H and O–H groups in total. The molecule has 1 aliphatic heterocycles. The van der Waals surface area contributed by atoms with Crippen molar-refractivity contribution in [3.8, 4) is 5.75 Å². The summed E-state index contributed by atoms with van der Waals surface area (Å²) in [6, 6.07) is 7.35. The molecule has 0 spiro atoms. The Balaban J connectivity index is 2.13. The van der Waals surface area contributed by atoms with Crippen LogP contribution in [0, 0.1) is 0 Å². The van der Waals surface area contributed by atoms with E-state index in [1.165, 1.54) is 0 Å². The highest BCUT2D eigenvalue weighted by Crippen LogP contribution is 2.25. The lowest BCUT2D eigenvalue weighted by Gasteiger charge is -2.06. The number of carbonyl (C=O) groups excluding carboxylic acids is 1. The summed E-state index contributed by atoms with van der Waals surface area (Å²) in [6.45, 7) is 0.283. The molecule has 1 atom stereocenters. The van der Waals surface area contributed by atoms with Gasteiger partial charge >= 0.3 is 6.16 Å². The smallest absolute Gasteiger partial charge is 0.497 e. The SMILES string of the molecule is COc1ccc(C2COC(=O)O2)cc1. The molecule has 14 heavy (non-hydrogen) atoms. The second-order valence-corrected chi connectivity index (χ2v) is 2.94. The van der Waals surface area contributed by atoms with Crippen molar-refractivity contribution >= 4 is 6.16 Å². The van der Waals surface area contributed by atoms with Crippen LogP contribution in [0.2, 0.25) is 0 Å². The van der Waals surface area contributed by atoms with Crippen LogP contribution in [0.15, 0.2) is 24.3 Å². The molecular formula is C10H10O4. The molecular weight excluding hydrogens is 184 g/mol. The summed E-state index contributed by atoms with van der Waals surface area (Å²) in [5.41, 5.74) is 0.914. The largest absolute Gasteiger partial charge is 0.509 e. The summed E-state index contributed by atoms with van der Waals surface area (Å²) in [7, 11) is 1.60. The minimum Gasteiger partial charge on any atom is -0.497 e. The molecule has 1 saturated heterocycles. The average molecular weight is 194 g/mol. The molecule has 0 saturated carbocycles. The maximum atomic E-state index is 10.7. The quantitative estimate of drug-likeness (QED) is 0.674. The number of benzene rings is 1. The molecule has 0 amide bonds. The normalized spacial score (nSPS) is 20.1. The van der Waals surface area contributed by atoms with Gasteiger partial charge in [-0.15, -0.1) is 0 Å². The summed E-state index contributed by atoms with van der Waals surface area (Å²) < 4.78 is 14.6. The number of methoxy groups -OCH3 is 1. The van der Waals surface area contributed by atoms with Gasteiger partial charge in [-0.2, -0.15) is 0 Å².